The summed E-state index contributed by atoms with van der Waals surface area (Å²) in [5.41, 5.74) is 0. The van der Waals surface area contributed by atoms with Gasteiger partial charge in [-0.15, -0.1) is 11.3 Å². The van der Waals surface area contributed by atoms with Crippen LogP contribution in [-0.4, -0.2) is 23.2 Å². The molecule has 0 bridgehead atoms. The first-order chi connectivity index (χ1) is 5.88. The molecule has 0 radical (unpaired) electrons. The summed E-state index contributed by atoms with van der Waals surface area (Å²) in [6.45, 7) is 3.14. The molecule has 0 amide bonds. The fourth-order valence-electron chi connectivity index (χ4n) is 0.955. The fraction of sp³-hybridized carbons (Fsp3) is 0.625. The Morgan fingerprint density at radius 2 is 2.58 bits per heavy atom. The molecule has 0 fully saturated rings. The Labute approximate surface area is 76.5 Å². The molecule has 0 saturated heterocycles. The average Bonchev–Trinajstić information content (AvgIpc) is 2.59. The molecule has 0 spiro atoms. The standard InChI is InChI=1S/C8H14N2OS/c1-2-3-9-7(6-11)8-10-4-5-12-8/h4-5,7,9,11H,2-3,6H2,1H3. The van der Waals surface area contributed by atoms with Gasteiger partial charge in [-0.25, -0.2) is 4.98 Å². The largest absolute Gasteiger partial charge is 0.394 e. The third-order valence-electron chi connectivity index (χ3n) is 1.57. The molecule has 1 rings (SSSR count). The summed E-state index contributed by atoms with van der Waals surface area (Å²) >= 11 is 1.57. The lowest BCUT2D eigenvalue weighted by Gasteiger charge is -2.11. The van der Waals surface area contributed by atoms with Crippen LogP contribution in [0.2, 0.25) is 0 Å². The molecular weight excluding hydrogens is 172 g/mol. The van der Waals surface area contributed by atoms with Crippen molar-refractivity contribution >= 4 is 11.3 Å². The van der Waals surface area contributed by atoms with Gasteiger partial charge in [0, 0.05) is 11.6 Å². The summed E-state index contributed by atoms with van der Waals surface area (Å²) in [6.07, 6.45) is 2.83. The SMILES string of the molecule is CCCNC(CO)c1nccs1. The molecule has 0 aromatic carbocycles. The molecule has 2 N–H and O–H groups in total. The van der Waals surface area contributed by atoms with Crippen LogP contribution < -0.4 is 5.32 Å². The van der Waals surface area contributed by atoms with Crippen molar-refractivity contribution in [3.63, 3.8) is 0 Å². The number of nitrogens with one attached hydrogen (secondary N) is 1. The number of thiazole rings is 1. The van der Waals surface area contributed by atoms with Crippen molar-refractivity contribution in [2.24, 2.45) is 0 Å². The first-order valence-corrected chi connectivity index (χ1v) is 5.00. The monoisotopic (exact) mass is 186 g/mol. The van der Waals surface area contributed by atoms with Crippen LogP contribution in [0.25, 0.3) is 0 Å². The van der Waals surface area contributed by atoms with Gasteiger partial charge < -0.3 is 10.4 Å². The van der Waals surface area contributed by atoms with Crippen LogP contribution >= 0.6 is 11.3 Å². The molecule has 0 aliphatic heterocycles. The van der Waals surface area contributed by atoms with Gasteiger partial charge in [0.1, 0.15) is 5.01 Å². The van der Waals surface area contributed by atoms with E-state index in [-0.39, 0.29) is 12.6 Å². The van der Waals surface area contributed by atoms with E-state index in [1.165, 1.54) is 0 Å². The third kappa shape index (κ3) is 2.55. The first kappa shape index (κ1) is 9.64. The van der Waals surface area contributed by atoms with Crippen molar-refractivity contribution in [1.82, 2.24) is 10.3 Å². The second-order valence-electron chi connectivity index (χ2n) is 2.56. The van der Waals surface area contributed by atoms with Crippen molar-refractivity contribution in [2.75, 3.05) is 13.2 Å². The van der Waals surface area contributed by atoms with Gasteiger partial charge in [0.25, 0.3) is 0 Å². The van der Waals surface area contributed by atoms with Crippen LogP contribution in [-0.2, 0) is 0 Å². The zero-order valence-electron chi connectivity index (χ0n) is 7.16. The van der Waals surface area contributed by atoms with Gasteiger partial charge in [0.2, 0.25) is 0 Å². The first-order valence-electron chi connectivity index (χ1n) is 4.12. The number of aliphatic hydroxyl groups is 1. The average molecular weight is 186 g/mol. The Morgan fingerprint density at radius 1 is 1.75 bits per heavy atom. The second-order valence-corrected chi connectivity index (χ2v) is 3.49. The van der Waals surface area contributed by atoms with Gasteiger partial charge in [-0.3, -0.25) is 0 Å². The molecular formula is C8H14N2OS. The van der Waals surface area contributed by atoms with E-state index >= 15 is 0 Å². The highest BCUT2D eigenvalue weighted by Gasteiger charge is 2.10. The Balaban J connectivity index is 2.45. The molecule has 1 heterocycles. The van der Waals surface area contributed by atoms with E-state index in [1.807, 2.05) is 5.38 Å². The third-order valence-corrected chi connectivity index (χ3v) is 2.46. The maximum absolute atomic E-state index is 9.03. The fourth-order valence-corrected chi connectivity index (χ4v) is 1.66. The predicted molar refractivity (Wildman–Crippen MR) is 50.2 cm³/mol. The molecule has 0 saturated carbocycles. The minimum absolute atomic E-state index is 0.0185. The highest BCUT2D eigenvalue weighted by Crippen LogP contribution is 2.14. The van der Waals surface area contributed by atoms with Gasteiger partial charge in [0.15, 0.2) is 0 Å². The lowest BCUT2D eigenvalue weighted by molar-refractivity contribution is 0.244. The number of hydrogen-bond donors (Lipinski definition) is 2. The summed E-state index contributed by atoms with van der Waals surface area (Å²) in [7, 11) is 0. The molecule has 68 valence electrons. The van der Waals surface area contributed by atoms with Crippen LogP contribution in [0.1, 0.15) is 24.4 Å². The van der Waals surface area contributed by atoms with E-state index in [0.717, 1.165) is 18.0 Å². The van der Waals surface area contributed by atoms with Crippen LogP contribution in [0.4, 0.5) is 0 Å². The summed E-state index contributed by atoms with van der Waals surface area (Å²) in [5, 5.41) is 15.1. The Kier molecular flexibility index (Phi) is 4.21. The molecule has 1 aromatic heterocycles. The zero-order valence-corrected chi connectivity index (χ0v) is 7.97. The van der Waals surface area contributed by atoms with Crippen molar-refractivity contribution in [1.29, 1.82) is 0 Å². The van der Waals surface area contributed by atoms with E-state index in [0.29, 0.717) is 0 Å². The van der Waals surface area contributed by atoms with E-state index in [4.69, 9.17) is 5.11 Å². The Hall–Kier alpha value is -0.450. The highest BCUT2D eigenvalue weighted by atomic mass is 32.1. The van der Waals surface area contributed by atoms with Crippen LogP contribution in [0.15, 0.2) is 11.6 Å². The zero-order chi connectivity index (χ0) is 8.81. The van der Waals surface area contributed by atoms with E-state index in [1.54, 1.807) is 17.5 Å². The summed E-state index contributed by atoms with van der Waals surface area (Å²) in [6, 6.07) is 0.0185. The topological polar surface area (TPSA) is 45.1 Å². The molecule has 1 atom stereocenters. The molecule has 1 unspecified atom stereocenters. The number of aliphatic hydroxyl groups excluding tert-OH is 1. The summed E-state index contributed by atoms with van der Waals surface area (Å²) < 4.78 is 0. The highest BCUT2D eigenvalue weighted by molar-refractivity contribution is 7.09. The van der Waals surface area contributed by atoms with Crippen molar-refractivity contribution < 1.29 is 5.11 Å². The molecule has 12 heavy (non-hydrogen) atoms. The smallest absolute Gasteiger partial charge is 0.112 e. The van der Waals surface area contributed by atoms with Crippen LogP contribution in [0.3, 0.4) is 0 Å². The van der Waals surface area contributed by atoms with Gasteiger partial charge >= 0.3 is 0 Å². The van der Waals surface area contributed by atoms with Crippen molar-refractivity contribution in [2.45, 2.75) is 19.4 Å². The molecule has 3 nitrogen and oxygen atoms in total. The summed E-state index contributed by atoms with van der Waals surface area (Å²) in [4.78, 5) is 4.14. The lowest BCUT2D eigenvalue weighted by Crippen LogP contribution is -2.24. The van der Waals surface area contributed by atoms with Gasteiger partial charge in [-0.2, -0.15) is 0 Å². The number of aromatic nitrogens is 1. The quantitative estimate of drug-likeness (QED) is 0.725. The van der Waals surface area contributed by atoms with Gasteiger partial charge in [-0.05, 0) is 13.0 Å². The molecule has 0 aliphatic rings. The normalized spacial score (nSPS) is 13.2. The maximum atomic E-state index is 9.03. The minimum Gasteiger partial charge on any atom is -0.394 e. The molecule has 0 aliphatic carbocycles. The number of hydrogen-bond acceptors (Lipinski definition) is 4. The predicted octanol–water partition coefficient (Wildman–Crippen LogP) is 1.18. The van der Waals surface area contributed by atoms with E-state index in [9.17, 15) is 0 Å². The van der Waals surface area contributed by atoms with Crippen LogP contribution in [0.5, 0.6) is 0 Å². The summed E-state index contributed by atoms with van der Waals surface area (Å²) in [5.74, 6) is 0. The van der Waals surface area contributed by atoms with Crippen molar-refractivity contribution in [3.8, 4) is 0 Å². The van der Waals surface area contributed by atoms with Crippen molar-refractivity contribution in [3.05, 3.63) is 16.6 Å². The van der Waals surface area contributed by atoms with Crippen LogP contribution in [0, 0.1) is 0 Å². The minimum atomic E-state index is 0.0185. The molecule has 1 aromatic rings. The van der Waals surface area contributed by atoms with E-state index < -0.39 is 0 Å². The lowest BCUT2D eigenvalue weighted by atomic mass is 10.3. The second kappa shape index (κ2) is 5.24. The Morgan fingerprint density at radius 3 is 3.08 bits per heavy atom. The maximum Gasteiger partial charge on any atom is 0.112 e. The van der Waals surface area contributed by atoms with E-state index in [2.05, 4.69) is 17.2 Å². The van der Waals surface area contributed by atoms with Gasteiger partial charge in [-0.1, -0.05) is 6.92 Å². The Bertz CT molecular complexity index is 201. The number of nitrogens with zero attached hydrogens (tertiary/aromatic N) is 1. The number of rotatable bonds is 5. The molecule has 4 heteroatoms. The van der Waals surface area contributed by atoms with Gasteiger partial charge in [0.05, 0.1) is 12.6 Å².